The SMILES string of the molecule is C=CCN(CC1OC(c2cccc(N)c2)OC(c2ccc(CO)cc2)C1C)C1CCCC1. The standard InChI is InChI=1S/C27H36N2O3/c1-3-15-29(24-9-4-5-10-24)17-25-19(2)26(21-13-11-20(18-30)12-14-21)32-27(31-25)22-7-6-8-23(28)16-22/h3,6-8,11-14,16,19,24-27,30H,1,4-5,9-10,15,17-18,28H2,2H3. The average molecular weight is 437 g/mol. The Balaban J connectivity index is 1.61. The molecule has 0 amide bonds. The van der Waals surface area contributed by atoms with Crippen LogP contribution >= 0.6 is 0 Å². The van der Waals surface area contributed by atoms with Crippen LogP contribution in [0.25, 0.3) is 0 Å². The third-order valence-electron chi connectivity index (χ3n) is 6.93. The number of aliphatic hydroxyl groups excluding tert-OH is 1. The van der Waals surface area contributed by atoms with Crippen molar-refractivity contribution in [1.82, 2.24) is 4.90 Å². The summed E-state index contributed by atoms with van der Waals surface area (Å²) in [5, 5.41) is 9.43. The summed E-state index contributed by atoms with van der Waals surface area (Å²) >= 11 is 0. The van der Waals surface area contributed by atoms with Gasteiger partial charge in [-0.25, -0.2) is 0 Å². The van der Waals surface area contributed by atoms with Gasteiger partial charge in [0.25, 0.3) is 0 Å². The second-order valence-electron chi connectivity index (χ2n) is 9.17. The van der Waals surface area contributed by atoms with Crippen molar-refractivity contribution in [3.05, 3.63) is 77.9 Å². The molecule has 2 aromatic carbocycles. The zero-order valence-corrected chi connectivity index (χ0v) is 19.0. The molecule has 0 radical (unpaired) electrons. The smallest absolute Gasteiger partial charge is 0.185 e. The Labute approximate surface area is 191 Å². The molecule has 4 atom stereocenters. The van der Waals surface area contributed by atoms with E-state index in [1.165, 1.54) is 25.7 Å². The number of benzene rings is 2. The predicted molar refractivity (Wildman–Crippen MR) is 128 cm³/mol. The molecule has 0 spiro atoms. The van der Waals surface area contributed by atoms with Crippen molar-refractivity contribution < 1.29 is 14.6 Å². The van der Waals surface area contributed by atoms with Gasteiger partial charge in [0, 0.05) is 36.3 Å². The summed E-state index contributed by atoms with van der Waals surface area (Å²) in [6.45, 7) is 7.97. The number of anilines is 1. The Hall–Kier alpha value is -2.18. The lowest BCUT2D eigenvalue weighted by molar-refractivity contribution is -0.276. The molecule has 4 unspecified atom stereocenters. The first kappa shape index (κ1) is 23.0. The van der Waals surface area contributed by atoms with Gasteiger partial charge in [-0.15, -0.1) is 6.58 Å². The van der Waals surface area contributed by atoms with Crippen molar-refractivity contribution in [2.24, 2.45) is 5.92 Å². The number of nitrogen functional groups attached to an aromatic ring is 1. The van der Waals surface area contributed by atoms with Crippen LogP contribution in [0.1, 0.15) is 61.7 Å². The second-order valence-corrected chi connectivity index (χ2v) is 9.17. The van der Waals surface area contributed by atoms with Crippen molar-refractivity contribution in [3.63, 3.8) is 0 Å². The molecular formula is C27H36N2O3. The summed E-state index contributed by atoms with van der Waals surface area (Å²) in [4.78, 5) is 2.54. The fraction of sp³-hybridized carbons (Fsp3) is 0.481. The van der Waals surface area contributed by atoms with E-state index < -0.39 is 6.29 Å². The Morgan fingerprint density at radius 3 is 2.50 bits per heavy atom. The van der Waals surface area contributed by atoms with E-state index in [-0.39, 0.29) is 24.7 Å². The van der Waals surface area contributed by atoms with Gasteiger partial charge in [-0.1, -0.05) is 62.2 Å². The molecule has 1 saturated carbocycles. The number of nitrogens with two attached hydrogens (primary N) is 1. The highest BCUT2D eigenvalue weighted by Gasteiger charge is 2.40. The van der Waals surface area contributed by atoms with E-state index in [0.29, 0.717) is 11.7 Å². The minimum Gasteiger partial charge on any atom is -0.399 e. The van der Waals surface area contributed by atoms with Gasteiger partial charge < -0.3 is 20.3 Å². The van der Waals surface area contributed by atoms with Gasteiger partial charge in [0.1, 0.15) is 0 Å². The molecule has 4 rings (SSSR count). The van der Waals surface area contributed by atoms with E-state index in [0.717, 1.165) is 29.8 Å². The number of rotatable bonds is 8. The van der Waals surface area contributed by atoms with Gasteiger partial charge >= 0.3 is 0 Å². The summed E-state index contributed by atoms with van der Waals surface area (Å²) in [5.74, 6) is 0.168. The lowest BCUT2D eigenvalue weighted by Crippen LogP contribution is -2.47. The Bertz CT molecular complexity index is 879. The maximum atomic E-state index is 9.43. The molecule has 5 nitrogen and oxygen atoms in total. The van der Waals surface area contributed by atoms with Crippen LogP contribution in [0.4, 0.5) is 5.69 Å². The number of aliphatic hydroxyl groups is 1. The monoisotopic (exact) mass is 436 g/mol. The number of nitrogens with zero attached hydrogens (tertiary/aromatic N) is 1. The summed E-state index contributed by atoms with van der Waals surface area (Å²) in [6.07, 6.45) is 6.52. The van der Waals surface area contributed by atoms with Crippen molar-refractivity contribution in [2.75, 3.05) is 18.8 Å². The third kappa shape index (κ3) is 5.24. The van der Waals surface area contributed by atoms with Crippen LogP contribution in [0.3, 0.4) is 0 Å². The molecule has 2 aromatic rings. The first-order chi connectivity index (χ1) is 15.6. The normalized spacial score (nSPS) is 26.5. The van der Waals surface area contributed by atoms with E-state index in [2.05, 4.69) is 30.5 Å². The molecule has 1 heterocycles. The van der Waals surface area contributed by atoms with E-state index in [9.17, 15) is 5.11 Å². The third-order valence-corrected chi connectivity index (χ3v) is 6.93. The van der Waals surface area contributed by atoms with Crippen LogP contribution in [0, 0.1) is 5.92 Å². The predicted octanol–water partition coefficient (Wildman–Crippen LogP) is 4.98. The number of ether oxygens (including phenoxy) is 2. The van der Waals surface area contributed by atoms with Gasteiger partial charge in [-0.3, -0.25) is 4.90 Å². The maximum absolute atomic E-state index is 9.43. The van der Waals surface area contributed by atoms with Crippen LogP contribution < -0.4 is 5.73 Å². The molecule has 1 aliphatic carbocycles. The minimum atomic E-state index is -0.476. The quantitative estimate of drug-likeness (QED) is 0.451. The topological polar surface area (TPSA) is 68.0 Å². The Kier molecular flexibility index (Phi) is 7.63. The van der Waals surface area contributed by atoms with Crippen molar-refractivity contribution in [3.8, 4) is 0 Å². The largest absolute Gasteiger partial charge is 0.399 e. The van der Waals surface area contributed by atoms with Crippen molar-refractivity contribution in [2.45, 2.75) is 63.8 Å². The van der Waals surface area contributed by atoms with Crippen LogP contribution in [0.5, 0.6) is 0 Å². The lowest BCUT2D eigenvalue weighted by Gasteiger charge is -2.43. The highest BCUT2D eigenvalue weighted by atomic mass is 16.7. The molecule has 1 saturated heterocycles. The molecule has 172 valence electrons. The summed E-state index contributed by atoms with van der Waals surface area (Å²) in [6, 6.07) is 16.4. The van der Waals surface area contributed by atoms with Crippen LogP contribution in [0.15, 0.2) is 61.2 Å². The van der Waals surface area contributed by atoms with Gasteiger partial charge in [-0.2, -0.15) is 0 Å². The molecule has 0 bridgehead atoms. The second kappa shape index (κ2) is 10.6. The summed E-state index contributed by atoms with van der Waals surface area (Å²) < 4.78 is 13.1. The molecule has 5 heteroatoms. The zero-order chi connectivity index (χ0) is 22.5. The van der Waals surface area contributed by atoms with E-state index >= 15 is 0 Å². The minimum absolute atomic E-state index is 0.0123. The molecule has 2 fully saturated rings. The molecular weight excluding hydrogens is 400 g/mol. The summed E-state index contributed by atoms with van der Waals surface area (Å²) in [5.41, 5.74) is 9.70. The maximum Gasteiger partial charge on any atom is 0.185 e. The summed E-state index contributed by atoms with van der Waals surface area (Å²) in [7, 11) is 0. The highest BCUT2D eigenvalue weighted by Crippen LogP contribution is 2.42. The van der Waals surface area contributed by atoms with Gasteiger partial charge in [0.2, 0.25) is 0 Å². The molecule has 1 aliphatic heterocycles. The average Bonchev–Trinajstić information content (AvgIpc) is 3.35. The number of hydrogen-bond donors (Lipinski definition) is 2. The lowest BCUT2D eigenvalue weighted by atomic mass is 9.89. The molecule has 2 aliphatic rings. The van der Waals surface area contributed by atoms with Crippen molar-refractivity contribution >= 4 is 5.69 Å². The number of hydrogen-bond acceptors (Lipinski definition) is 5. The van der Waals surface area contributed by atoms with E-state index in [1.54, 1.807) is 0 Å². The zero-order valence-electron chi connectivity index (χ0n) is 19.0. The van der Waals surface area contributed by atoms with Gasteiger partial charge in [0.15, 0.2) is 6.29 Å². The van der Waals surface area contributed by atoms with Crippen LogP contribution in [-0.2, 0) is 16.1 Å². The molecule has 0 aromatic heterocycles. The highest BCUT2D eigenvalue weighted by molar-refractivity contribution is 5.41. The van der Waals surface area contributed by atoms with E-state index in [4.69, 9.17) is 15.2 Å². The molecule has 32 heavy (non-hydrogen) atoms. The van der Waals surface area contributed by atoms with E-state index in [1.807, 2.05) is 42.5 Å². The van der Waals surface area contributed by atoms with Gasteiger partial charge in [0.05, 0.1) is 18.8 Å². The first-order valence-electron chi connectivity index (χ1n) is 11.8. The van der Waals surface area contributed by atoms with Crippen LogP contribution in [0.2, 0.25) is 0 Å². The Morgan fingerprint density at radius 2 is 1.84 bits per heavy atom. The van der Waals surface area contributed by atoms with Gasteiger partial charge in [-0.05, 0) is 36.1 Å². The van der Waals surface area contributed by atoms with Crippen molar-refractivity contribution in [1.29, 1.82) is 0 Å². The fourth-order valence-electron chi connectivity index (χ4n) is 5.07. The molecule has 3 N–H and O–H groups in total. The first-order valence-corrected chi connectivity index (χ1v) is 11.8. The Morgan fingerprint density at radius 1 is 1.09 bits per heavy atom. The fourth-order valence-corrected chi connectivity index (χ4v) is 5.07. The van der Waals surface area contributed by atoms with Crippen LogP contribution in [-0.4, -0.2) is 35.2 Å².